The van der Waals surface area contributed by atoms with Crippen LogP contribution in [0.1, 0.15) is 70.2 Å². The highest BCUT2D eigenvalue weighted by molar-refractivity contribution is 6.14. The lowest BCUT2D eigenvalue weighted by molar-refractivity contribution is -0.192. The Morgan fingerprint density at radius 2 is 1.69 bits per heavy atom. The summed E-state index contributed by atoms with van der Waals surface area (Å²) in [4.78, 5) is 41.4. The molecule has 1 aromatic carbocycles. The third-order valence-corrected chi connectivity index (χ3v) is 7.89. The molecule has 0 radical (unpaired) electrons. The predicted octanol–water partition coefficient (Wildman–Crippen LogP) is 5.17. The van der Waals surface area contributed by atoms with Gasteiger partial charge in [0.1, 0.15) is 5.82 Å². The summed E-state index contributed by atoms with van der Waals surface area (Å²) in [5, 5.41) is 1.91. The van der Waals surface area contributed by atoms with E-state index in [1.807, 2.05) is 19.2 Å². The Hall–Kier alpha value is -2.71. The van der Waals surface area contributed by atoms with Gasteiger partial charge in [-0.1, -0.05) is 40.5 Å². The van der Waals surface area contributed by atoms with Crippen LogP contribution < -0.4 is 5.32 Å². The molecular weight excluding hydrogens is 464 g/mol. The highest BCUT2D eigenvalue weighted by atomic mass is 19.4. The van der Waals surface area contributed by atoms with Gasteiger partial charge in [0, 0.05) is 23.7 Å². The standard InChI is InChI=1S/C26H30F4N2O3/c1-14-6-5-7-18(15(14)2)32-19-12-24(3,4)13-20(33)21(19)25(23(32)35,26(28,29)30)31-22(34)16-8-10-17(27)11-9-16/h8-11,14-15,18H,5-7,12-13H2,1-4H3,(H,31,34)/t14-,15-,18-,25-/m0/s1. The predicted molar refractivity (Wildman–Crippen MR) is 121 cm³/mol. The summed E-state index contributed by atoms with van der Waals surface area (Å²) in [6, 6.07) is 3.46. The molecule has 35 heavy (non-hydrogen) atoms. The number of rotatable bonds is 3. The first kappa shape index (κ1) is 25.4. The van der Waals surface area contributed by atoms with Crippen LogP contribution in [0.4, 0.5) is 17.6 Å². The molecule has 4 rings (SSSR count). The van der Waals surface area contributed by atoms with Crippen molar-refractivity contribution in [1.82, 2.24) is 10.2 Å². The fraction of sp³-hybridized carbons (Fsp3) is 0.577. The summed E-state index contributed by atoms with van der Waals surface area (Å²) < 4.78 is 58.2. The zero-order valence-electron chi connectivity index (χ0n) is 20.3. The van der Waals surface area contributed by atoms with E-state index < -0.39 is 52.2 Å². The molecule has 0 saturated heterocycles. The zero-order valence-corrected chi connectivity index (χ0v) is 20.3. The van der Waals surface area contributed by atoms with Crippen LogP contribution in [0.15, 0.2) is 35.5 Å². The Morgan fingerprint density at radius 3 is 2.29 bits per heavy atom. The average molecular weight is 495 g/mol. The van der Waals surface area contributed by atoms with Crippen LogP contribution in [0.3, 0.4) is 0 Å². The maximum Gasteiger partial charge on any atom is 0.425 e. The van der Waals surface area contributed by atoms with Crippen molar-refractivity contribution in [3.8, 4) is 0 Å². The van der Waals surface area contributed by atoms with E-state index in [0.29, 0.717) is 6.42 Å². The van der Waals surface area contributed by atoms with E-state index in [4.69, 9.17) is 0 Å². The van der Waals surface area contributed by atoms with Crippen molar-refractivity contribution in [3.63, 3.8) is 0 Å². The van der Waals surface area contributed by atoms with Crippen molar-refractivity contribution in [2.24, 2.45) is 17.3 Å². The van der Waals surface area contributed by atoms with Crippen molar-refractivity contribution in [2.75, 3.05) is 0 Å². The quantitative estimate of drug-likeness (QED) is 0.590. The first-order chi connectivity index (χ1) is 16.2. The highest BCUT2D eigenvalue weighted by Crippen LogP contribution is 2.54. The number of nitrogens with zero attached hydrogens (tertiary/aromatic N) is 1. The van der Waals surface area contributed by atoms with Gasteiger partial charge in [-0.3, -0.25) is 14.4 Å². The molecule has 4 atom stereocenters. The minimum atomic E-state index is -5.27. The first-order valence-electron chi connectivity index (χ1n) is 11.9. The second-order valence-corrected chi connectivity index (χ2v) is 11.0. The maximum atomic E-state index is 14.9. The van der Waals surface area contributed by atoms with Gasteiger partial charge in [0.25, 0.3) is 11.8 Å². The number of hydrogen-bond donors (Lipinski definition) is 1. The van der Waals surface area contributed by atoms with E-state index in [1.54, 1.807) is 13.8 Å². The van der Waals surface area contributed by atoms with E-state index in [-0.39, 0.29) is 35.9 Å². The van der Waals surface area contributed by atoms with Gasteiger partial charge in [-0.25, -0.2) is 4.39 Å². The summed E-state index contributed by atoms with van der Waals surface area (Å²) in [6.45, 7) is 7.50. The second kappa shape index (κ2) is 8.45. The highest BCUT2D eigenvalue weighted by Gasteiger charge is 2.72. The molecule has 0 aromatic heterocycles. The molecule has 1 fully saturated rings. The van der Waals surface area contributed by atoms with Crippen molar-refractivity contribution in [2.45, 2.75) is 77.6 Å². The Kier molecular flexibility index (Phi) is 6.13. The third-order valence-electron chi connectivity index (χ3n) is 7.89. The van der Waals surface area contributed by atoms with Crippen LogP contribution in [-0.4, -0.2) is 40.3 Å². The monoisotopic (exact) mass is 494 g/mol. The largest absolute Gasteiger partial charge is 0.425 e. The van der Waals surface area contributed by atoms with Crippen LogP contribution in [0.2, 0.25) is 0 Å². The van der Waals surface area contributed by atoms with E-state index in [0.717, 1.165) is 37.1 Å². The molecule has 1 aromatic rings. The van der Waals surface area contributed by atoms with Crippen LogP contribution in [-0.2, 0) is 9.59 Å². The lowest BCUT2D eigenvalue weighted by atomic mass is 9.72. The number of Topliss-reactive ketones (excluding diaryl/α,β-unsaturated/α-hetero) is 1. The van der Waals surface area contributed by atoms with Gasteiger partial charge in [-0.2, -0.15) is 13.2 Å². The molecule has 2 aliphatic carbocycles. The number of hydrogen-bond acceptors (Lipinski definition) is 3. The Bertz CT molecular complexity index is 1090. The molecule has 9 heteroatoms. The summed E-state index contributed by atoms with van der Waals surface area (Å²) >= 11 is 0. The molecule has 0 unspecified atom stereocenters. The number of halogens is 4. The molecule has 1 saturated carbocycles. The Morgan fingerprint density at radius 1 is 1.06 bits per heavy atom. The molecule has 5 nitrogen and oxygen atoms in total. The number of carbonyl (C=O) groups excluding carboxylic acids is 3. The molecular formula is C26H30F4N2O3. The smallest absolute Gasteiger partial charge is 0.326 e. The molecule has 3 aliphatic rings. The van der Waals surface area contributed by atoms with Gasteiger partial charge in [-0.15, -0.1) is 0 Å². The fourth-order valence-electron chi connectivity index (χ4n) is 5.89. The van der Waals surface area contributed by atoms with E-state index in [2.05, 4.69) is 0 Å². The lowest BCUT2D eigenvalue weighted by Crippen LogP contribution is -2.67. The van der Waals surface area contributed by atoms with E-state index in [9.17, 15) is 31.9 Å². The molecule has 190 valence electrons. The molecule has 2 amide bonds. The molecule has 1 N–H and O–H groups in total. The number of carbonyl (C=O) groups is 3. The number of alkyl halides is 3. The Balaban J connectivity index is 1.89. The summed E-state index contributed by atoms with van der Waals surface area (Å²) in [5.41, 5.74) is -4.97. The van der Waals surface area contributed by atoms with Gasteiger partial charge in [-0.05, 0) is 54.4 Å². The minimum Gasteiger partial charge on any atom is -0.326 e. The number of nitrogens with one attached hydrogen (secondary N) is 1. The summed E-state index contributed by atoms with van der Waals surface area (Å²) in [6.07, 6.45) is -3.16. The first-order valence-corrected chi connectivity index (χ1v) is 11.9. The molecule has 0 bridgehead atoms. The van der Waals surface area contributed by atoms with Crippen LogP contribution in [0.25, 0.3) is 0 Å². The van der Waals surface area contributed by atoms with Gasteiger partial charge in [0.15, 0.2) is 5.78 Å². The molecule has 1 aliphatic heterocycles. The van der Waals surface area contributed by atoms with Gasteiger partial charge >= 0.3 is 6.18 Å². The SMILES string of the molecule is C[C@H]1[C@@H](C)CCC[C@@H]1N1C(=O)[C@](NC(=O)c2ccc(F)cc2)(C(F)(F)F)C2=C1CC(C)(C)CC2=O. The van der Waals surface area contributed by atoms with Crippen LogP contribution in [0, 0.1) is 23.1 Å². The number of ketones is 1. The van der Waals surface area contributed by atoms with E-state index in [1.165, 1.54) is 4.90 Å². The molecule has 1 heterocycles. The number of amides is 2. The van der Waals surface area contributed by atoms with Gasteiger partial charge < -0.3 is 10.2 Å². The average Bonchev–Trinajstić information content (AvgIpc) is 2.98. The van der Waals surface area contributed by atoms with Crippen molar-refractivity contribution in [3.05, 3.63) is 46.9 Å². The number of allylic oxidation sites excluding steroid dienone is 1. The maximum absolute atomic E-state index is 14.9. The Labute approximate surface area is 201 Å². The van der Waals surface area contributed by atoms with Crippen molar-refractivity contribution >= 4 is 17.6 Å². The normalized spacial score (nSPS) is 31.0. The van der Waals surface area contributed by atoms with Gasteiger partial charge in [0.2, 0.25) is 5.54 Å². The summed E-state index contributed by atoms with van der Waals surface area (Å²) in [7, 11) is 0. The van der Waals surface area contributed by atoms with E-state index >= 15 is 0 Å². The van der Waals surface area contributed by atoms with Crippen LogP contribution >= 0.6 is 0 Å². The fourth-order valence-corrected chi connectivity index (χ4v) is 5.89. The van der Waals surface area contributed by atoms with Gasteiger partial charge in [0.05, 0.1) is 5.57 Å². The molecule has 0 spiro atoms. The zero-order chi connectivity index (χ0) is 25.9. The third kappa shape index (κ3) is 4.06. The minimum absolute atomic E-state index is 0.0685. The lowest BCUT2D eigenvalue weighted by Gasteiger charge is -2.43. The van der Waals surface area contributed by atoms with Crippen LogP contribution in [0.5, 0.6) is 0 Å². The second-order valence-electron chi connectivity index (χ2n) is 11.0. The topological polar surface area (TPSA) is 66.5 Å². The van der Waals surface area contributed by atoms with Crippen molar-refractivity contribution < 1.29 is 31.9 Å². The summed E-state index contributed by atoms with van der Waals surface area (Å²) in [5.74, 6) is -3.88. The van der Waals surface area contributed by atoms with Crippen molar-refractivity contribution in [1.29, 1.82) is 0 Å². The number of benzene rings is 1.